The minimum Gasteiger partial charge on any atom is -0.207 e. The van der Waals surface area contributed by atoms with Crippen LogP contribution in [0.1, 0.15) is 57.9 Å². The second kappa shape index (κ2) is 8.23. The molecule has 0 aliphatic rings. The fourth-order valence-electron chi connectivity index (χ4n) is 2.36. The first-order valence-electron chi connectivity index (χ1n) is 7.11. The monoisotopic (exact) mass is 254 g/mol. The van der Waals surface area contributed by atoms with Crippen LogP contribution < -0.4 is 0 Å². The van der Waals surface area contributed by atoms with Crippen molar-refractivity contribution in [3.63, 3.8) is 0 Å². The van der Waals surface area contributed by atoms with Crippen molar-refractivity contribution < 1.29 is 8.78 Å². The van der Waals surface area contributed by atoms with E-state index in [9.17, 15) is 8.78 Å². The van der Waals surface area contributed by atoms with Gasteiger partial charge in [-0.3, -0.25) is 0 Å². The normalized spacial score (nSPS) is 12.7. The van der Waals surface area contributed by atoms with E-state index in [1.165, 1.54) is 43.9 Å². The highest BCUT2D eigenvalue weighted by Crippen LogP contribution is 2.22. The average Bonchev–Trinajstić information content (AvgIpc) is 2.36. The Morgan fingerprint density at radius 3 is 2.22 bits per heavy atom. The Hall–Kier alpha value is -0.920. The van der Waals surface area contributed by atoms with Gasteiger partial charge in [-0.15, -0.1) is 0 Å². The minimum atomic E-state index is -0.404. The summed E-state index contributed by atoms with van der Waals surface area (Å²) in [5, 5.41) is 0. The van der Waals surface area contributed by atoms with Crippen LogP contribution >= 0.6 is 0 Å². The van der Waals surface area contributed by atoms with Crippen molar-refractivity contribution in [3.8, 4) is 0 Å². The fraction of sp³-hybridized carbons (Fsp3) is 0.625. The standard InChI is InChI=1S/C16H24F2/c1-3-5-6-8-13(4-2)11-12-14-15(17)9-7-10-16(14)18/h7,9-10,13H,3-6,8,11-12H2,1-2H3. The zero-order valence-corrected chi connectivity index (χ0v) is 11.5. The van der Waals surface area contributed by atoms with E-state index >= 15 is 0 Å². The van der Waals surface area contributed by atoms with Gasteiger partial charge in [0.25, 0.3) is 0 Å². The molecule has 1 rings (SSSR count). The lowest BCUT2D eigenvalue weighted by atomic mass is 9.92. The molecule has 1 aromatic rings. The number of benzene rings is 1. The molecule has 18 heavy (non-hydrogen) atoms. The SMILES string of the molecule is CCCCCC(CC)CCc1c(F)cccc1F. The van der Waals surface area contributed by atoms with Crippen LogP contribution in [0.2, 0.25) is 0 Å². The molecule has 0 aliphatic heterocycles. The summed E-state index contributed by atoms with van der Waals surface area (Å²) in [7, 11) is 0. The van der Waals surface area contributed by atoms with Crippen molar-refractivity contribution in [1.82, 2.24) is 0 Å². The molecule has 0 saturated heterocycles. The fourth-order valence-corrected chi connectivity index (χ4v) is 2.36. The van der Waals surface area contributed by atoms with E-state index in [1.807, 2.05) is 0 Å². The Labute approximate surface area is 109 Å². The first kappa shape index (κ1) is 15.1. The third-order valence-electron chi connectivity index (χ3n) is 3.66. The van der Waals surface area contributed by atoms with Gasteiger partial charge in [-0.2, -0.15) is 0 Å². The summed E-state index contributed by atoms with van der Waals surface area (Å²) in [4.78, 5) is 0. The molecule has 0 spiro atoms. The molecular formula is C16H24F2. The van der Waals surface area contributed by atoms with Gasteiger partial charge in [0.2, 0.25) is 0 Å². The average molecular weight is 254 g/mol. The lowest BCUT2D eigenvalue weighted by molar-refractivity contribution is 0.409. The van der Waals surface area contributed by atoms with Crippen LogP contribution in [0.3, 0.4) is 0 Å². The summed E-state index contributed by atoms with van der Waals surface area (Å²) in [5.41, 5.74) is 0.256. The number of unbranched alkanes of at least 4 members (excludes halogenated alkanes) is 2. The maximum atomic E-state index is 13.5. The van der Waals surface area contributed by atoms with Gasteiger partial charge in [-0.1, -0.05) is 52.0 Å². The third kappa shape index (κ3) is 4.75. The van der Waals surface area contributed by atoms with E-state index in [1.54, 1.807) is 0 Å². The quantitative estimate of drug-likeness (QED) is 0.537. The Balaban J connectivity index is 2.47. The predicted molar refractivity (Wildman–Crippen MR) is 72.6 cm³/mol. The molecule has 2 heteroatoms. The molecule has 0 bridgehead atoms. The van der Waals surface area contributed by atoms with E-state index in [2.05, 4.69) is 13.8 Å². The molecule has 0 saturated carbocycles. The van der Waals surface area contributed by atoms with Gasteiger partial charge in [-0.25, -0.2) is 8.78 Å². The highest BCUT2D eigenvalue weighted by atomic mass is 19.1. The molecule has 1 unspecified atom stereocenters. The summed E-state index contributed by atoms with van der Waals surface area (Å²) in [6, 6.07) is 4.11. The molecule has 1 atom stereocenters. The van der Waals surface area contributed by atoms with Gasteiger partial charge < -0.3 is 0 Å². The number of rotatable bonds is 8. The van der Waals surface area contributed by atoms with E-state index in [-0.39, 0.29) is 5.56 Å². The van der Waals surface area contributed by atoms with Crippen molar-refractivity contribution in [1.29, 1.82) is 0 Å². The van der Waals surface area contributed by atoms with Crippen LogP contribution in [0.4, 0.5) is 8.78 Å². The van der Waals surface area contributed by atoms with Crippen LogP contribution in [-0.4, -0.2) is 0 Å². The maximum absolute atomic E-state index is 13.5. The Kier molecular flexibility index (Phi) is 6.92. The summed E-state index contributed by atoms with van der Waals surface area (Å²) >= 11 is 0. The smallest absolute Gasteiger partial charge is 0.129 e. The molecule has 0 radical (unpaired) electrons. The van der Waals surface area contributed by atoms with Gasteiger partial charge in [0.05, 0.1) is 0 Å². The lowest BCUT2D eigenvalue weighted by Gasteiger charge is -2.15. The van der Waals surface area contributed by atoms with Crippen LogP contribution in [0.15, 0.2) is 18.2 Å². The maximum Gasteiger partial charge on any atom is 0.129 e. The van der Waals surface area contributed by atoms with Gasteiger partial charge >= 0.3 is 0 Å². The number of halogens is 2. The molecule has 1 aromatic carbocycles. The lowest BCUT2D eigenvalue weighted by Crippen LogP contribution is -2.04. The van der Waals surface area contributed by atoms with Crippen LogP contribution in [0, 0.1) is 17.6 Å². The molecule has 0 aromatic heterocycles. The van der Waals surface area contributed by atoms with E-state index in [0.29, 0.717) is 12.3 Å². The third-order valence-corrected chi connectivity index (χ3v) is 3.66. The first-order valence-corrected chi connectivity index (χ1v) is 7.11. The summed E-state index contributed by atoms with van der Waals surface area (Å²) in [6.07, 6.45) is 7.39. The second-order valence-electron chi connectivity index (χ2n) is 5.01. The van der Waals surface area contributed by atoms with E-state index in [0.717, 1.165) is 12.8 Å². The van der Waals surface area contributed by atoms with Gasteiger partial charge in [-0.05, 0) is 30.9 Å². The van der Waals surface area contributed by atoms with E-state index in [4.69, 9.17) is 0 Å². The summed E-state index contributed by atoms with van der Waals surface area (Å²) in [5.74, 6) is -0.215. The van der Waals surface area contributed by atoms with E-state index < -0.39 is 11.6 Å². The van der Waals surface area contributed by atoms with Gasteiger partial charge in [0, 0.05) is 5.56 Å². The van der Waals surface area contributed by atoms with Gasteiger partial charge in [0.1, 0.15) is 11.6 Å². The molecule has 0 aliphatic carbocycles. The minimum absolute atomic E-state index is 0.256. The topological polar surface area (TPSA) is 0 Å². The second-order valence-corrected chi connectivity index (χ2v) is 5.01. The van der Waals surface area contributed by atoms with Gasteiger partial charge in [0.15, 0.2) is 0 Å². The molecule has 102 valence electrons. The molecule has 0 nitrogen and oxygen atoms in total. The van der Waals surface area contributed by atoms with Crippen molar-refractivity contribution in [2.75, 3.05) is 0 Å². The van der Waals surface area contributed by atoms with Crippen molar-refractivity contribution in [2.45, 2.75) is 58.8 Å². The molecular weight excluding hydrogens is 230 g/mol. The molecule has 0 fully saturated rings. The summed E-state index contributed by atoms with van der Waals surface area (Å²) in [6.45, 7) is 4.35. The number of hydrogen-bond acceptors (Lipinski definition) is 0. The largest absolute Gasteiger partial charge is 0.207 e. The zero-order chi connectivity index (χ0) is 13.4. The van der Waals surface area contributed by atoms with Crippen molar-refractivity contribution in [3.05, 3.63) is 35.4 Å². The highest BCUT2D eigenvalue weighted by molar-refractivity contribution is 5.19. The molecule has 0 heterocycles. The first-order chi connectivity index (χ1) is 8.69. The Bertz CT molecular complexity index is 327. The van der Waals surface area contributed by atoms with Crippen LogP contribution in [0.5, 0.6) is 0 Å². The number of hydrogen-bond donors (Lipinski definition) is 0. The Morgan fingerprint density at radius 1 is 1.00 bits per heavy atom. The van der Waals surface area contributed by atoms with Crippen molar-refractivity contribution in [2.24, 2.45) is 5.92 Å². The van der Waals surface area contributed by atoms with Crippen LogP contribution in [-0.2, 0) is 6.42 Å². The molecule has 0 amide bonds. The summed E-state index contributed by atoms with van der Waals surface area (Å²) < 4.78 is 26.9. The zero-order valence-electron chi connectivity index (χ0n) is 11.5. The highest BCUT2D eigenvalue weighted by Gasteiger charge is 2.11. The Morgan fingerprint density at radius 2 is 1.67 bits per heavy atom. The molecule has 0 N–H and O–H groups in total. The predicted octanol–water partition coefficient (Wildman–Crippen LogP) is 5.50. The van der Waals surface area contributed by atoms with Crippen molar-refractivity contribution >= 4 is 0 Å². The van der Waals surface area contributed by atoms with Crippen LogP contribution in [0.25, 0.3) is 0 Å².